The van der Waals surface area contributed by atoms with Crippen molar-refractivity contribution in [3.63, 3.8) is 0 Å². The second-order valence-electron chi connectivity index (χ2n) is 5.01. The molecule has 0 spiro atoms. The number of hydrogen-bond acceptors (Lipinski definition) is 3. The number of rotatable bonds is 7. The average molecular weight is 332 g/mol. The van der Waals surface area contributed by atoms with Crippen LogP contribution in [0, 0.1) is 0 Å². The fourth-order valence-electron chi connectivity index (χ4n) is 2.01. The van der Waals surface area contributed by atoms with E-state index in [4.69, 9.17) is 11.6 Å². The summed E-state index contributed by atoms with van der Waals surface area (Å²) >= 11 is 5.88. The summed E-state index contributed by atoms with van der Waals surface area (Å²) in [6, 6.07) is 10.6. The molecule has 0 unspecified atom stereocenters. The van der Waals surface area contributed by atoms with E-state index < -0.39 is 0 Å². The molecule has 0 saturated carbocycles. The highest BCUT2D eigenvalue weighted by Crippen LogP contribution is 2.10. The molecule has 0 aliphatic carbocycles. The van der Waals surface area contributed by atoms with Crippen molar-refractivity contribution in [1.82, 2.24) is 15.6 Å². The van der Waals surface area contributed by atoms with Crippen molar-refractivity contribution in [1.29, 1.82) is 0 Å². The number of nitrogens with zero attached hydrogens (tertiary/aromatic N) is 1. The first-order valence-electron chi connectivity index (χ1n) is 7.34. The van der Waals surface area contributed by atoms with Crippen LogP contribution in [0.15, 0.2) is 48.8 Å². The number of halogens is 1. The molecular formula is C17H18ClN3O2. The molecule has 1 aromatic carbocycles. The molecule has 1 aromatic heterocycles. The SMILES string of the molecule is O=C(Cc1cccc(Cl)c1)NCCCNC(=O)c1cccnc1. The number of nitrogens with one attached hydrogen (secondary N) is 2. The van der Waals surface area contributed by atoms with E-state index in [1.807, 2.05) is 12.1 Å². The first kappa shape index (κ1) is 17.0. The van der Waals surface area contributed by atoms with Crippen molar-refractivity contribution in [2.45, 2.75) is 12.8 Å². The Morgan fingerprint density at radius 1 is 1.09 bits per heavy atom. The van der Waals surface area contributed by atoms with Gasteiger partial charge >= 0.3 is 0 Å². The minimum absolute atomic E-state index is 0.0640. The molecule has 0 saturated heterocycles. The van der Waals surface area contributed by atoms with Crippen molar-refractivity contribution < 1.29 is 9.59 Å². The average Bonchev–Trinajstić information content (AvgIpc) is 2.55. The quantitative estimate of drug-likeness (QED) is 0.764. The van der Waals surface area contributed by atoms with E-state index in [1.165, 1.54) is 6.20 Å². The molecule has 1 heterocycles. The summed E-state index contributed by atoms with van der Waals surface area (Å²) in [5.41, 5.74) is 1.40. The summed E-state index contributed by atoms with van der Waals surface area (Å²) in [6.45, 7) is 0.998. The molecular weight excluding hydrogens is 314 g/mol. The molecule has 2 amide bonds. The van der Waals surface area contributed by atoms with Crippen LogP contribution in [0.2, 0.25) is 5.02 Å². The Morgan fingerprint density at radius 2 is 1.91 bits per heavy atom. The van der Waals surface area contributed by atoms with E-state index in [0.29, 0.717) is 36.5 Å². The van der Waals surface area contributed by atoms with Crippen LogP contribution in [-0.2, 0) is 11.2 Å². The summed E-state index contributed by atoms with van der Waals surface area (Å²) in [5, 5.41) is 6.22. The second kappa shape index (κ2) is 8.90. The zero-order chi connectivity index (χ0) is 16.5. The van der Waals surface area contributed by atoms with Gasteiger partial charge in [0, 0.05) is 30.5 Å². The molecule has 0 aliphatic heterocycles. The fraction of sp³-hybridized carbons (Fsp3) is 0.235. The van der Waals surface area contributed by atoms with Crippen molar-refractivity contribution >= 4 is 23.4 Å². The molecule has 5 nitrogen and oxygen atoms in total. The van der Waals surface area contributed by atoms with E-state index in [2.05, 4.69) is 15.6 Å². The molecule has 0 aliphatic rings. The van der Waals surface area contributed by atoms with Crippen LogP contribution in [0.25, 0.3) is 0 Å². The smallest absolute Gasteiger partial charge is 0.252 e. The predicted molar refractivity (Wildman–Crippen MR) is 89.4 cm³/mol. The minimum atomic E-state index is -0.164. The Bertz CT molecular complexity index is 662. The summed E-state index contributed by atoms with van der Waals surface area (Å²) in [5.74, 6) is -0.228. The van der Waals surface area contributed by atoms with Gasteiger partial charge in [0.15, 0.2) is 0 Å². The van der Waals surface area contributed by atoms with Crippen molar-refractivity contribution in [3.05, 3.63) is 64.9 Å². The molecule has 0 bridgehead atoms. The van der Waals surface area contributed by atoms with Crippen LogP contribution < -0.4 is 10.6 Å². The first-order chi connectivity index (χ1) is 11.1. The van der Waals surface area contributed by atoms with Crippen LogP contribution in [0.4, 0.5) is 0 Å². The maximum absolute atomic E-state index is 11.8. The summed E-state index contributed by atoms with van der Waals surface area (Å²) in [4.78, 5) is 27.4. The summed E-state index contributed by atoms with van der Waals surface area (Å²) in [7, 11) is 0. The molecule has 0 fully saturated rings. The minimum Gasteiger partial charge on any atom is -0.356 e. The molecule has 23 heavy (non-hydrogen) atoms. The third-order valence-corrected chi connectivity index (χ3v) is 3.37. The van der Waals surface area contributed by atoms with Crippen molar-refractivity contribution in [3.8, 4) is 0 Å². The number of carbonyl (C=O) groups is 2. The highest BCUT2D eigenvalue weighted by Gasteiger charge is 2.05. The number of aromatic nitrogens is 1. The number of carbonyl (C=O) groups excluding carboxylic acids is 2. The van der Waals surface area contributed by atoms with Crippen LogP contribution in [0.5, 0.6) is 0 Å². The topological polar surface area (TPSA) is 71.1 Å². The highest BCUT2D eigenvalue weighted by molar-refractivity contribution is 6.30. The van der Waals surface area contributed by atoms with E-state index in [1.54, 1.807) is 30.5 Å². The van der Waals surface area contributed by atoms with Gasteiger partial charge in [0.1, 0.15) is 0 Å². The first-order valence-corrected chi connectivity index (χ1v) is 7.72. The van der Waals surface area contributed by atoms with Gasteiger partial charge in [-0.05, 0) is 36.2 Å². The van der Waals surface area contributed by atoms with E-state index in [-0.39, 0.29) is 11.8 Å². The third-order valence-electron chi connectivity index (χ3n) is 3.14. The lowest BCUT2D eigenvalue weighted by Gasteiger charge is -2.07. The number of benzene rings is 1. The van der Waals surface area contributed by atoms with E-state index >= 15 is 0 Å². The number of amides is 2. The molecule has 0 radical (unpaired) electrons. The maximum Gasteiger partial charge on any atom is 0.252 e. The van der Waals surface area contributed by atoms with Gasteiger partial charge in [-0.2, -0.15) is 0 Å². The van der Waals surface area contributed by atoms with Gasteiger partial charge in [0.25, 0.3) is 5.91 Å². The maximum atomic E-state index is 11.8. The van der Waals surface area contributed by atoms with E-state index in [0.717, 1.165) is 5.56 Å². The van der Waals surface area contributed by atoms with Gasteiger partial charge in [-0.3, -0.25) is 14.6 Å². The van der Waals surface area contributed by atoms with Crippen molar-refractivity contribution in [2.75, 3.05) is 13.1 Å². The van der Waals surface area contributed by atoms with E-state index in [9.17, 15) is 9.59 Å². The van der Waals surface area contributed by atoms with Crippen LogP contribution in [-0.4, -0.2) is 29.9 Å². The third kappa shape index (κ3) is 6.08. The Balaban J connectivity index is 1.62. The monoisotopic (exact) mass is 331 g/mol. The lowest BCUT2D eigenvalue weighted by molar-refractivity contribution is -0.120. The molecule has 120 valence electrons. The normalized spacial score (nSPS) is 10.1. The molecule has 2 N–H and O–H groups in total. The standard InChI is InChI=1S/C17H18ClN3O2/c18-15-6-1-4-13(10-15)11-16(22)20-8-3-9-21-17(23)14-5-2-7-19-12-14/h1-2,4-7,10,12H,3,8-9,11H2,(H,20,22)(H,21,23). The number of hydrogen-bond donors (Lipinski definition) is 2. The number of pyridine rings is 1. The second-order valence-corrected chi connectivity index (χ2v) is 5.44. The lowest BCUT2D eigenvalue weighted by atomic mass is 10.1. The Morgan fingerprint density at radius 3 is 2.65 bits per heavy atom. The fourth-order valence-corrected chi connectivity index (χ4v) is 2.22. The van der Waals surface area contributed by atoms with Gasteiger partial charge in [0.2, 0.25) is 5.91 Å². The summed E-state index contributed by atoms with van der Waals surface area (Å²) in [6.07, 6.45) is 4.09. The largest absolute Gasteiger partial charge is 0.356 e. The Kier molecular flexibility index (Phi) is 6.56. The zero-order valence-corrected chi connectivity index (χ0v) is 13.3. The van der Waals surface area contributed by atoms with Gasteiger partial charge in [-0.15, -0.1) is 0 Å². The van der Waals surface area contributed by atoms with Crippen LogP contribution >= 0.6 is 11.6 Å². The Hall–Kier alpha value is -2.40. The lowest BCUT2D eigenvalue weighted by Crippen LogP contribution is -2.30. The van der Waals surface area contributed by atoms with Gasteiger partial charge in [-0.1, -0.05) is 23.7 Å². The molecule has 2 rings (SSSR count). The van der Waals surface area contributed by atoms with Crippen molar-refractivity contribution in [2.24, 2.45) is 0 Å². The van der Waals surface area contributed by atoms with Gasteiger partial charge < -0.3 is 10.6 Å². The molecule has 2 aromatic rings. The Labute approximate surface area is 140 Å². The molecule has 0 atom stereocenters. The van der Waals surface area contributed by atoms with Gasteiger partial charge in [0.05, 0.1) is 12.0 Å². The molecule has 6 heteroatoms. The summed E-state index contributed by atoms with van der Waals surface area (Å²) < 4.78 is 0. The highest BCUT2D eigenvalue weighted by atomic mass is 35.5. The zero-order valence-electron chi connectivity index (χ0n) is 12.6. The predicted octanol–water partition coefficient (Wildman–Crippen LogP) is 2.21. The van der Waals surface area contributed by atoms with Gasteiger partial charge in [-0.25, -0.2) is 0 Å². The van der Waals surface area contributed by atoms with Crippen LogP contribution in [0.1, 0.15) is 22.3 Å². The van der Waals surface area contributed by atoms with Crippen LogP contribution in [0.3, 0.4) is 0 Å².